The number of hydrogen-bond acceptors (Lipinski definition) is 4. The van der Waals surface area contributed by atoms with Gasteiger partial charge in [-0.3, -0.25) is 4.90 Å². The van der Waals surface area contributed by atoms with Crippen molar-refractivity contribution >= 4 is 0 Å². The number of halogens is 3. The standard InChI is InChI=1S/C14H19F3N2O2/c1-18(2)12-8-19(9-13(12)20)7-10-3-5-11(6-4-10)21-14(15,16)17/h3-6,12-13,20H,7-9H2,1-2H3/t12-,13-/m0/s1. The smallest absolute Gasteiger partial charge is 0.406 e. The van der Waals surface area contributed by atoms with Crippen LogP contribution in [0, 0.1) is 0 Å². The van der Waals surface area contributed by atoms with Gasteiger partial charge in [0.15, 0.2) is 0 Å². The summed E-state index contributed by atoms with van der Waals surface area (Å²) in [5.74, 6) is -0.223. The Hall–Kier alpha value is -1.31. The van der Waals surface area contributed by atoms with Crippen LogP contribution >= 0.6 is 0 Å². The summed E-state index contributed by atoms with van der Waals surface area (Å²) in [7, 11) is 3.83. The van der Waals surface area contributed by atoms with Gasteiger partial charge in [-0.25, -0.2) is 0 Å². The second kappa shape index (κ2) is 6.21. The van der Waals surface area contributed by atoms with Gasteiger partial charge in [0.05, 0.1) is 6.10 Å². The Bertz CT molecular complexity index is 462. The van der Waals surface area contributed by atoms with Crippen LogP contribution in [-0.4, -0.2) is 60.6 Å². The Labute approximate surface area is 121 Å². The average Bonchev–Trinajstić information content (AvgIpc) is 2.71. The highest BCUT2D eigenvalue weighted by molar-refractivity contribution is 5.27. The minimum absolute atomic E-state index is 0.0813. The molecule has 0 aliphatic carbocycles. The van der Waals surface area contributed by atoms with E-state index < -0.39 is 12.5 Å². The van der Waals surface area contributed by atoms with Crippen molar-refractivity contribution in [2.24, 2.45) is 0 Å². The first-order chi connectivity index (χ1) is 9.74. The molecule has 1 aliphatic heterocycles. The highest BCUT2D eigenvalue weighted by Gasteiger charge is 2.33. The highest BCUT2D eigenvalue weighted by Crippen LogP contribution is 2.24. The van der Waals surface area contributed by atoms with Crippen LogP contribution in [0.15, 0.2) is 24.3 Å². The zero-order valence-electron chi connectivity index (χ0n) is 12.0. The molecular formula is C14H19F3N2O2. The van der Waals surface area contributed by atoms with E-state index in [9.17, 15) is 18.3 Å². The summed E-state index contributed by atoms with van der Waals surface area (Å²) in [5.41, 5.74) is 0.885. The molecule has 118 valence electrons. The Balaban J connectivity index is 1.92. The fraction of sp³-hybridized carbons (Fsp3) is 0.571. The van der Waals surface area contributed by atoms with Gasteiger partial charge in [-0.15, -0.1) is 13.2 Å². The lowest BCUT2D eigenvalue weighted by molar-refractivity contribution is -0.274. The Morgan fingerprint density at radius 1 is 1.24 bits per heavy atom. The summed E-state index contributed by atoms with van der Waals surface area (Å²) in [5, 5.41) is 9.95. The van der Waals surface area contributed by atoms with Crippen LogP contribution in [0.1, 0.15) is 5.56 Å². The van der Waals surface area contributed by atoms with E-state index in [0.29, 0.717) is 13.1 Å². The van der Waals surface area contributed by atoms with Gasteiger partial charge in [0.25, 0.3) is 0 Å². The topological polar surface area (TPSA) is 35.9 Å². The molecule has 1 saturated heterocycles. The van der Waals surface area contributed by atoms with Gasteiger partial charge in [0.1, 0.15) is 5.75 Å². The van der Waals surface area contributed by atoms with E-state index in [4.69, 9.17) is 0 Å². The molecule has 7 heteroatoms. The lowest BCUT2D eigenvalue weighted by Gasteiger charge is -2.21. The third-order valence-corrected chi connectivity index (χ3v) is 3.56. The lowest BCUT2D eigenvalue weighted by atomic mass is 10.2. The van der Waals surface area contributed by atoms with Crippen molar-refractivity contribution < 1.29 is 23.0 Å². The molecule has 0 unspecified atom stereocenters. The highest BCUT2D eigenvalue weighted by atomic mass is 19.4. The zero-order chi connectivity index (χ0) is 15.6. The monoisotopic (exact) mass is 304 g/mol. The van der Waals surface area contributed by atoms with E-state index in [2.05, 4.69) is 9.64 Å². The van der Waals surface area contributed by atoms with Gasteiger partial charge in [-0.1, -0.05) is 12.1 Å². The molecule has 1 aromatic rings. The number of aliphatic hydroxyl groups is 1. The molecular weight excluding hydrogens is 285 g/mol. The molecule has 1 N–H and O–H groups in total. The van der Waals surface area contributed by atoms with Crippen molar-refractivity contribution in [2.45, 2.75) is 25.1 Å². The van der Waals surface area contributed by atoms with Crippen LogP contribution in [0.2, 0.25) is 0 Å². The van der Waals surface area contributed by atoms with E-state index in [-0.39, 0.29) is 11.8 Å². The Morgan fingerprint density at radius 2 is 1.86 bits per heavy atom. The molecule has 1 fully saturated rings. The summed E-state index contributed by atoms with van der Waals surface area (Å²) < 4.78 is 40.0. The van der Waals surface area contributed by atoms with Crippen LogP contribution in [0.5, 0.6) is 5.75 Å². The Morgan fingerprint density at radius 3 is 2.33 bits per heavy atom. The molecule has 4 nitrogen and oxygen atoms in total. The minimum atomic E-state index is -4.67. The summed E-state index contributed by atoms with van der Waals surface area (Å²) in [6, 6.07) is 5.91. The third kappa shape index (κ3) is 4.59. The predicted octanol–water partition coefficient (Wildman–Crippen LogP) is 1.69. The quantitative estimate of drug-likeness (QED) is 0.918. The van der Waals surface area contributed by atoms with Crippen molar-refractivity contribution in [3.63, 3.8) is 0 Å². The van der Waals surface area contributed by atoms with Gasteiger partial charge < -0.3 is 14.7 Å². The van der Waals surface area contributed by atoms with E-state index in [1.807, 2.05) is 19.0 Å². The summed E-state index contributed by atoms with van der Waals surface area (Å²) in [6.07, 6.45) is -5.08. The number of rotatable bonds is 4. The zero-order valence-corrected chi connectivity index (χ0v) is 12.0. The molecule has 21 heavy (non-hydrogen) atoms. The average molecular weight is 304 g/mol. The molecule has 0 amide bonds. The molecule has 1 aliphatic rings. The van der Waals surface area contributed by atoms with Crippen molar-refractivity contribution in [1.82, 2.24) is 9.80 Å². The number of ether oxygens (including phenoxy) is 1. The van der Waals surface area contributed by atoms with Gasteiger partial charge in [0.2, 0.25) is 0 Å². The molecule has 0 saturated carbocycles. The molecule has 0 bridgehead atoms. The van der Waals surface area contributed by atoms with Crippen molar-refractivity contribution in [2.75, 3.05) is 27.2 Å². The SMILES string of the molecule is CN(C)[C@H]1CN(Cc2ccc(OC(F)(F)F)cc2)C[C@@H]1O. The second-order valence-corrected chi connectivity index (χ2v) is 5.48. The normalized spacial score (nSPS) is 23.8. The maximum absolute atomic E-state index is 12.1. The molecule has 0 spiro atoms. The van der Waals surface area contributed by atoms with E-state index >= 15 is 0 Å². The van der Waals surface area contributed by atoms with Crippen molar-refractivity contribution in [1.29, 1.82) is 0 Å². The molecule has 2 atom stereocenters. The molecule has 2 rings (SSSR count). The van der Waals surface area contributed by atoms with Gasteiger partial charge in [-0.2, -0.15) is 0 Å². The largest absolute Gasteiger partial charge is 0.573 e. The van der Waals surface area contributed by atoms with Crippen molar-refractivity contribution in [3.05, 3.63) is 29.8 Å². The maximum atomic E-state index is 12.1. The van der Waals surface area contributed by atoms with Crippen LogP contribution in [0.25, 0.3) is 0 Å². The predicted molar refractivity (Wildman–Crippen MR) is 71.9 cm³/mol. The number of alkyl halides is 3. The molecule has 1 heterocycles. The van der Waals surface area contributed by atoms with E-state index in [0.717, 1.165) is 12.1 Å². The fourth-order valence-corrected chi connectivity index (χ4v) is 2.54. The van der Waals surface area contributed by atoms with Gasteiger partial charge in [-0.05, 0) is 31.8 Å². The van der Waals surface area contributed by atoms with Gasteiger partial charge >= 0.3 is 6.36 Å². The van der Waals surface area contributed by atoms with Crippen LogP contribution in [0.3, 0.4) is 0 Å². The maximum Gasteiger partial charge on any atom is 0.573 e. The summed E-state index contributed by atoms with van der Waals surface area (Å²) in [6.45, 7) is 1.88. The van der Waals surface area contributed by atoms with Crippen LogP contribution in [-0.2, 0) is 6.54 Å². The number of aliphatic hydroxyl groups excluding tert-OH is 1. The summed E-state index contributed by atoms with van der Waals surface area (Å²) >= 11 is 0. The van der Waals surface area contributed by atoms with E-state index in [1.54, 1.807) is 12.1 Å². The first-order valence-electron chi connectivity index (χ1n) is 6.66. The number of hydrogen-bond donors (Lipinski definition) is 1. The fourth-order valence-electron chi connectivity index (χ4n) is 2.54. The third-order valence-electron chi connectivity index (χ3n) is 3.56. The minimum Gasteiger partial charge on any atom is -0.406 e. The van der Waals surface area contributed by atoms with E-state index in [1.165, 1.54) is 12.1 Å². The van der Waals surface area contributed by atoms with Gasteiger partial charge in [0, 0.05) is 25.7 Å². The summed E-state index contributed by atoms with van der Waals surface area (Å²) in [4.78, 5) is 4.06. The first kappa shape index (κ1) is 16.1. The molecule has 0 radical (unpaired) electrons. The first-order valence-corrected chi connectivity index (χ1v) is 6.66. The van der Waals surface area contributed by atoms with Crippen LogP contribution in [0.4, 0.5) is 13.2 Å². The number of benzene rings is 1. The molecule has 0 aromatic heterocycles. The van der Waals surface area contributed by atoms with Crippen molar-refractivity contribution in [3.8, 4) is 5.75 Å². The number of β-amino-alcohol motifs (C(OH)–C–C–N with tert-alkyl or cyclic N) is 1. The number of likely N-dealkylation sites (N-methyl/N-ethyl adjacent to an activating group) is 1. The second-order valence-electron chi connectivity index (χ2n) is 5.48. The number of likely N-dealkylation sites (tertiary alicyclic amines) is 1. The molecule has 1 aromatic carbocycles. The number of nitrogens with zero attached hydrogens (tertiary/aromatic N) is 2. The van der Waals surface area contributed by atoms with Crippen LogP contribution < -0.4 is 4.74 Å². The lowest BCUT2D eigenvalue weighted by Crippen LogP contribution is -2.37. The Kier molecular flexibility index (Phi) is 4.75.